The Morgan fingerprint density at radius 3 is 2.70 bits per heavy atom. The normalized spacial score (nSPS) is 34.0. The smallest absolute Gasteiger partial charge is 0.311 e. The molecule has 4 aliphatic carbocycles. The molecule has 4 aliphatic rings. The van der Waals surface area contributed by atoms with Crippen molar-refractivity contribution in [2.75, 3.05) is 7.11 Å². The molecule has 1 amide bonds. The Labute approximate surface area is 157 Å². The van der Waals surface area contributed by atoms with Gasteiger partial charge >= 0.3 is 5.97 Å². The first kappa shape index (κ1) is 16.8. The average molecular weight is 368 g/mol. The lowest BCUT2D eigenvalue weighted by Gasteiger charge is -2.60. The zero-order valence-electron chi connectivity index (χ0n) is 15.5. The second kappa shape index (κ2) is 5.81. The largest absolute Gasteiger partial charge is 0.469 e. The Morgan fingerprint density at radius 1 is 1.22 bits per heavy atom. The van der Waals surface area contributed by atoms with Crippen molar-refractivity contribution in [3.63, 3.8) is 0 Å². The molecule has 4 atom stereocenters. The highest BCUT2D eigenvalue weighted by Crippen LogP contribution is 2.62. The second-order valence-electron chi connectivity index (χ2n) is 8.86. The maximum atomic E-state index is 12.9. The molecule has 27 heavy (non-hydrogen) atoms. The van der Waals surface area contributed by atoms with Gasteiger partial charge in [0.2, 0.25) is 5.91 Å². The summed E-state index contributed by atoms with van der Waals surface area (Å²) >= 11 is 0. The van der Waals surface area contributed by atoms with Gasteiger partial charge in [0.15, 0.2) is 5.58 Å². The van der Waals surface area contributed by atoms with Gasteiger partial charge in [0.25, 0.3) is 0 Å². The molecule has 1 heterocycles. The van der Waals surface area contributed by atoms with Gasteiger partial charge in [-0.1, -0.05) is 17.3 Å². The van der Waals surface area contributed by atoms with Crippen LogP contribution in [-0.2, 0) is 20.7 Å². The zero-order valence-corrected chi connectivity index (χ0v) is 15.5. The van der Waals surface area contributed by atoms with Gasteiger partial charge in [-0.3, -0.25) is 9.59 Å². The highest BCUT2D eigenvalue weighted by Gasteiger charge is 2.61. The maximum Gasteiger partial charge on any atom is 0.311 e. The fourth-order valence-electron chi connectivity index (χ4n) is 6.42. The first-order valence-corrected chi connectivity index (χ1v) is 9.74. The van der Waals surface area contributed by atoms with Crippen LogP contribution in [0.1, 0.15) is 44.2 Å². The minimum absolute atomic E-state index is 0.0454. The van der Waals surface area contributed by atoms with E-state index >= 15 is 0 Å². The van der Waals surface area contributed by atoms with E-state index in [4.69, 9.17) is 9.26 Å². The third-order valence-corrected chi connectivity index (χ3v) is 6.86. The number of ether oxygens (including phenoxy) is 1. The molecule has 4 fully saturated rings. The number of carbonyl (C=O) groups is 2. The lowest BCUT2D eigenvalue weighted by Crippen LogP contribution is -2.65. The molecule has 0 saturated heterocycles. The third-order valence-electron chi connectivity index (χ3n) is 6.86. The van der Waals surface area contributed by atoms with Crippen LogP contribution < -0.4 is 5.32 Å². The number of benzene rings is 1. The Kier molecular flexibility index (Phi) is 3.61. The van der Waals surface area contributed by atoms with E-state index in [9.17, 15) is 9.59 Å². The molecule has 4 bridgehead atoms. The number of fused-ring (bicyclic) bond motifs is 1. The molecule has 6 heteroatoms. The van der Waals surface area contributed by atoms with Crippen molar-refractivity contribution in [1.82, 2.24) is 10.5 Å². The van der Waals surface area contributed by atoms with E-state index < -0.39 is 5.41 Å². The van der Waals surface area contributed by atoms with Crippen LogP contribution >= 0.6 is 0 Å². The summed E-state index contributed by atoms with van der Waals surface area (Å²) in [7, 11) is 1.47. The van der Waals surface area contributed by atoms with Crippen molar-refractivity contribution in [3.8, 4) is 0 Å². The lowest BCUT2D eigenvalue weighted by molar-refractivity contribution is -0.173. The number of amides is 1. The van der Waals surface area contributed by atoms with Gasteiger partial charge in [0, 0.05) is 10.9 Å². The number of hydrogen-bond donors (Lipinski definition) is 1. The summed E-state index contributed by atoms with van der Waals surface area (Å²) < 4.78 is 10.5. The summed E-state index contributed by atoms with van der Waals surface area (Å²) in [6, 6.07) is 7.58. The molecular formula is C21H24N2O4. The van der Waals surface area contributed by atoms with Crippen molar-refractivity contribution in [2.24, 2.45) is 17.3 Å². The highest BCUT2D eigenvalue weighted by molar-refractivity contribution is 5.86. The molecular weight excluding hydrogens is 344 g/mol. The summed E-state index contributed by atoms with van der Waals surface area (Å²) in [6.07, 6.45) is 5.80. The van der Waals surface area contributed by atoms with E-state index in [0.717, 1.165) is 31.1 Å². The van der Waals surface area contributed by atoms with Gasteiger partial charge in [-0.05, 0) is 62.5 Å². The topological polar surface area (TPSA) is 81.4 Å². The molecule has 0 aliphatic heterocycles. The maximum absolute atomic E-state index is 12.9. The summed E-state index contributed by atoms with van der Waals surface area (Å²) in [5.41, 5.74) is 0.664. The van der Waals surface area contributed by atoms with Gasteiger partial charge in [-0.25, -0.2) is 0 Å². The van der Waals surface area contributed by atoms with Gasteiger partial charge in [-0.2, -0.15) is 0 Å². The summed E-state index contributed by atoms with van der Waals surface area (Å²) in [5.74, 6) is 0.853. The van der Waals surface area contributed by atoms with Gasteiger partial charge < -0.3 is 14.6 Å². The van der Waals surface area contributed by atoms with Crippen LogP contribution in [0, 0.1) is 17.3 Å². The summed E-state index contributed by atoms with van der Waals surface area (Å²) in [4.78, 5) is 25.4. The number of hydrogen-bond acceptors (Lipinski definition) is 5. The van der Waals surface area contributed by atoms with Crippen LogP contribution in [0.5, 0.6) is 0 Å². The van der Waals surface area contributed by atoms with Crippen LogP contribution in [-0.4, -0.2) is 29.7 Å². The monoisotopic (exact) mass is 368 g/mol. The van der Waals surface area contributed by atoms with E-state index in [1.54, 1.807) is 0 Å². The molecule has 1 N–H and O–H groups in total. The summed E-state index contributed by atoms with van der Waals surface area (Å²) in [5, 5.41) is 8.26. The summed E-state index contributed by atoms with van der Waals surface area (Å²) in [6.45, 7) is 0. The predicted octanol–water partition coefficient (Wildman–Crippen LogP) is 3.00. The van der Waals surface area contributed by atoms with Gasteiger partial charge in [0.05, 0.1) is 18.9 Å². The number of carbonyl (C=O) groups excluding carboxylic acids is 2. The molecule has 142 valence electrons. The molecule has 2 aromatic rings. The number of nitrogens with one attached hydrogen (secondary N) is 1. The fraction of sp³-hybridized carbons (Fsp3) is 0.571. The number of methoxy groups -OCH3 is 1. The van der Waals surface area contributed by atoms with E-state index in [0.29, 0.717) is 29.5 Å². The molecule has 0 radical (unpaired) electrons. The van der Waals surface area contributed by atoms with Gasteiger partial charge in [-0.15, -0.1) is 0 Å². The van der Waals surface area contributed by atoms with Crippen molar-refractivity contribution in [2.45, 2.75) is 50.5 Å². The minimum Gasteiger partial charge on any atom is -0.469 e. The molecule has 4 saturated carbocycles. The third kappa shape index (κ3) is 2.65. The van der Waals surface area contributed by atoms with Crippen LogP contribution in [0.15, 0.2) is 28.8 Å². The molecule has 1 aromatic heterocycles. The van der Waals surface area contributed by atoms with E-state index in [2.05, 4.69) is 10.5 Å². The molecule has 6 rings (SSSR count). The second-order valence-corrected chi connectivity index (χ2v) is 8.86. The first-order valence-electron chi connectivity index (χ1n) is 9.74. The molecule has 6 nitrogen and oxygen atoms in total. The number of aromatic nitrogens is 1. The van der Waals surface area contributed by atoms with Crippen molar-refractivity contribution < 1.29 is 18.8 Å². The molecule has 0 spiro atoms. The van der Waals surface area contributed by atoms with Crippen LogP contribution in [0.3, 0.4) is 0 Å². The average Bonchev–Trinajstić information content (AvgIpc) is 3.02. The van der Waals surface area contributed by atoms with Crippen molar-refractivity contribution in [1.29, 1.82) is 0 Å². The molecule has 2 unspecified atom stereocenters. The minimum atomic E-state index is -0.410. The van der Waals surface area contributed by atoms with E-state index in [1.807, 2.05) is 24.3 Å². The zero-order chi connectivity index (χ0) is 18.6. The standard InChI is InChI=1S/C21H24N2O4/c1-26-19(25)20-8-13-6-14(9-20)11-21(10-13,12-20)22-18(24)7-16-15-4-2-3-5-17(15)27-23-16/h2-5,13-14H,6-12H2,1H3,(H,22,24)/t13-,14+,20?,21?. The number of nitrogens with zero attached hydrogens (tertiary/aromatic N) is 1. The number of rotatable bonds is 4. The Morgan fingerprint density at radius 2 is 1.96 bits per heavy atom. The Balaban J connectivity index is 1.37. The van der Waals surface area contributed by atoms with E-state index in [1.165, 1.54) is 13.5 Å². The number of para-hydroxylation sites is 1. The lowest BCUT2D eigenvalue weighted by atomic mass is 9.47. The highest BCUT2D eigenvalue weighted by atomic mass is 16.5. The SMILES string of the molecule is COC(=O)C12C[C@@H]3C[C@@H](CC(NC(=O)Cc4noc5ccccc45)(C3)C1)C2. The van der Waals surface area contributed by atoms with Crippen LogP contribution in [0.2, 0.25) is 0 Å². The fourth-order valence-corrected chi connectivity index (χ4v) is 6.42. The molecule has 1 aromatic carbocycles. The van der Waals surface area contributed by atoms with Crippen LogP contribution in [0.4, 0.5) is 0 Å². The first-order chi connectivity index (χ1) is 13.0. The number of esters is 1. The van der Waals surface area contributed by atoms with Crippen molar-refractivity contribution in [3.05, 3.63) is 30.0 Å². The van der Waals surface area contributed by atoms with Gasteiger partial charge in [0.1, 0.15) is 5.69 Å². The quantitative estimate of drug-likeness (QED) is 0.839. The predicted molar refractivity (Wildman–Crippen MR) is 97.7 cm³/mol. The van der Waals surface area contributed by atoms with E-state index in [-0.39, 0.29) is 23.8 Å². The van der Waals surface area contributed by atoms with Crippen molar-refractivity contribution >= 4 is 22.8 Å². The van der Waals surface area contributed by atoms with Crippen LogP contribution in [0.25, 0.3) is 11.0 Å². The Bertz CT molecular complexity index is 904. The Hall–Kier alpha value is -2.37.